The summed E-state index contributed by atoms with van der Waals surface area (Å²) in [6.07, 6.45) is 10.3. The van der Waals surface area contributed by atoms with Gasteiger partial charge in [-0.15, -0.1) is 0 Å². The Kier molecular flexibility index (Phi) is 1.98. The van der Waals surface area contributed by atoms with Crippen LogP contribution in [-0.2, 0) is 6.54 Å². The van der Waals surface area contributed by atoms with E-state index in [1.165, 1.54) is 24.8 Å². The van der Waals surface area contributed by atoms with Crippen molar-refractivity contribution in [3.05, 3.63) is 29.6 Å². The Balaban J connectivity index is 1.95. The van der Waals surface area contributed by atoms with Gasteiger partial charge in [0.2, 0.25) is 0 Å². The fourth-order valence-corrected chi connectivity index (χ4v) is 1.37. The molecule has 0 N–H and O–H groups in total. The van der Waals surface area contributed by atoms with Crippen LogP contribution in [-0.4, -0.2) is 9.78 Å². The van der Waals surface area contributed by atoms with Crippen LogP contribution < -0.4 is 0 Å². The zero-order valence-electron chi connectivity index (χ0n) is 7.45. The van der Waals surface area contributed by atoms with Crippen LogP contribution in [0.3, 0.4) is 0 Å². The number of rotatable bonds is 2. The van der Waals surface area contributed by atoms with Crippen LogP contribution in [0.4, 0.5) is 0 Å². The third kappa shape index (κ3) is 1.58. The highest BCUT2D eigenvalue weighted by Gasteiger charge is 2.06. The van der Waals surface area contributed by atoms with Crippen LogP contribution in [0, 0.1) is 6.92 Å². The predicted molar refractivity (Wildman–Crippen MR) is 48.9 cm³/mol. The van der Waals surface area contributed by atoms with Crippen molar-refractivity contribution in [2.75, 3.05) is 0 Å². The van der Waals surface area contributed by atoms with Crippen LogP contribution in [0.1, 0.15) is 24.8 Å². The van der Waals surface area contributed by atoms with Crippen molar-refractivity contribution in [1.82, 2.24) is 9.78 Å². The van der Waals surface area contributed by atoms with Gasteiger partial charge in [-0.3, -0.25) is 4.68 Å². The predicted octanol–water partition coefficient (Wildman–Crippen LogP) is 2.30. The van der Waals surface area contributed by atoms with Crippen molar-refractivity contribution >= 4 is 0 Å². The molecule has 1 heterocycles. The first-order valence-corrected chi connectivity index (χ1v) is 4.51. The Morgan fingerprint density at radius 2 is 2.42 bits per heavy atom. The molecule has 1 fully saturated rings. The second kappa shape index (κ2) is 3.13. The van der Waals surface area contributed by atoms with E-state index in [9.17, 15) is 0 Å². The number of nitrogens with zero attached hydrogens (tertiary/aromatic N) is 2. The molecule has 1 aromatic heterocycles. The summed E-state index contributed by atoms with van der Waals surface area (Å²) in [7, 11) is 0. The first-order valence-electron chi connectivity index (χ1n) is 4.51. The fourth-order valence-electron chi connectivity index (χ4n) is 1.37. The van der Waals surface area contributed by atoms with Gasteiger partial charge in [-0.05, 0) is 31.7 Å². The van der Waals surface area contributed by atoms with Gasteiger partial charge in [-0.25, -0.2) is 0 Å². The maximum absolute atomic E-state index is 4.22. The Morgan fingerprint density at radius 3 is 2.92 bits per heavy atom. The van der Waals surface area contributed by atoms with E-state index in [1.54, 1.807) is 5.57 Å². The van der Waals surface area contributed by atoms with Crippen molar-refractivity contribution < 1.29 is 0 Å². The molecule has 0 spiro atoms. The number of hydrogen-bond acceptors (Lipinski definition) is 1. The Labute approximate surface area is 72.9 Å². The van der Waals surface area contributed by atoms with Gasteiger partial charge in [-0.1, -0.05) is 11.6 Å². The highest BCUT2D eigenvalue weighted by atomic mass is 15.3. The summed E-state index contributed by atoms with van der Waals surface area (Å²) in [4.78, 5) is 0. The molecule has 1 aliphatic rings. The van der Waals surface area contributed by atoms with Gasteiger partial charge < -0.3 is 0 Å². The highest BCUT2D eigenvalue weighted by molar-refractivity contribution is 5.09. The summed E-state index contributed by atoms with van der Waals surface area (Å²) in [5.74, 6) is 0. The average Bonchev–Trinajstić information content (AvgIpc) is 2.32. The lowest BCUT2D eigenvalue weighted by Crippen LogP contribution is -2.01. The van der Waals surface area contributed by atoms with Gasteiger partial charge in [0.25, 0.3) is 0 Å². The largest absolute Gasteiger partial charge is 0.269 e. The molecule has 1 aromatic rings. The second-order valence-corrected chi connectivity index (χ2v) is 3.46. The molecule has 2 rings (SSSR count). The van der Waals surface area contributed by atoms with E-state index in [0.717, 1.165) is 6.54 Å². The Morgan fingerprint density at radius 1 is 1.58 bits per heavy atom. The molecule has 0 radical (unpaired) electrons. The molecule has 0 bridgehead atoms. The number of hydrogen-bond donors (Lipinski definition) is 0. The van der Waals surface area contributed by atoms with E-state index in [1.807, 2.05) is 10.9 Å². The molecule has 0 atom stereocenters. The summed E-state index contributed by atoms with van der Waals surface area (Å²) < 4.78 is 1.99. The van der Waals surface area contributed by atoms with Gasteiger partial charge >= 0.3 is 0 Å². The molecule has 2 nitrogen and oxygen atoms in total. The van der Waals surface area contributed by atoms with Crippen LogP contribution in [0.5, 0.6) is 0 Å². The smallest absolute Gasteiger partial charge is 0.0592 e. The summed E-state index contributed by atoms with van der Waals surface area (Å²) >= 11 is 0. The molecule has 0 saturated heterocycles. The fraction of sp³-hybridized carbons (Fsp3) is 0.500. The summed E-state index contributed by atoms with van der Waals surface area (Å²) in [5, 5.41) is 4.22. The maximum atomic E-state index is 4.22. The third-order valence-electron chi connectivity index (χ3n) is 2.33. The van der Waals surface area contributed by atoms with E-state index >= 15 is 0 Å². The normalized spacial score (nSPS) is 15.9. The van der Waals surface area contributed by atoms with E-state index in [2.05, 4.69) is 24.3 Å². The van der Waals surface area contributed by atoms with Gasteiger partial charge in [0.05, 0.1) is 12.7 Å². The third-order valence-corrected chi connectivity index (χ3v) is 2.33. The molecule has 0 aliphatic heterocycles. The van der Waals surface area contributed by atoms with Gasteiger partial charge in [0, 0.05) is 6.20 Å². The second-order valence-electron chi connectivity index (χ2n) is 3.46. The quantitative estimate of drug-likeness (QED) is 0.610. The van der Waals surface area contributed by atoms with Crippen molar-refractivity contribution in [3.8, 4) is 0 Å². The van der Waals surface area contributed by atoms with Crippen molar-refractivity contribution in [2.45, 2.75) is 32.7 Å². The summed E-state index contributed by atoms with van der Waals surface area (Å²) in [6, 6.07) is 0. The lowest BCUT2D eigenvalue weighted by Gasteiger charge is -2.15. The molecule has 1 saturated carbocycles. The van der Waals surface area contributed by atoms with Crippen LogP contribution in [0.15, 0.2) is 24.0 Å². The van der Waals surface area contributed by atoms with E-state index < -0.39 is 0 Å². The van der Waals surface area contributed by atoms with E-state index in [4.69, 9.17) is 0 Å². The molecule has 12 heavy (non-hydrogen) atoms. The molecule has 0 amide bonds. The topological polar surface area (TPSA) is 17.8 Å². The molecular weight excluding hydrogens is 148 g/mol. The summed E-state index contributed by atoms with van der Waals surface area (Å²) in [6.45, 7) is 3.02. The number of aromatic nitrogens is 2. The zero-order chi connectivity index (χ0) is 8.39. The number of allylic oxidation sites excluding steroid dienone is 2. The molecular formula is C10H14N2. The van der Waals surface area contributed by atoms with Gasteiger partial charge in [0.15, 0.2) is 0 Å². The monoisotopic (exact) mass is 162 g/mol. The molecule has 0 unspecified atom stereocenters. The molecule has 64 valence electrons. The van der Waals surface area contributed by atoms with E-state index in [0.29, 0.717) is 0 Å². The SMILES string of the molecule is Cc1cnn(CC=C2CCC2)c1. The highest BCUT2D eigenvalue weighted by Crippen LogP contribution is 2.24. The Bertz CT molecular complexity index is 291. The maximum Gasteiger partial charge on any atom is 0.0592 e. The molecule has 1 aliphatic carbocycles. The number of aryl methyl sites for hydroxylation is 1. The standard InChI is InChI=1S/C10H14N2/c1-9-7-11-12(8-9)6-5-10-3-2-4-10/h5,7-8H,2-4,6H2,1H3. The van der Waals surface area contributed by atoms with Gasteiger partial charge in [-0.2, -0.15) is 5.10 Å². The minimum atomic E-state index is 0.948. The Hall–Kier alpha value is -1.05. The lowest BCUT2D eigenvalue weighted by molar-refractivity contribution is 0.633. The zero-order valence-corrected chi connectivity index (χ0v) is 7.45. The van der Waals surface area contributed by atoms with Crippen molar-refractivity contribution in [1.29, 1.82) is 0 Å². The van der Waals surface area contributed by atoms with Crippen molar-refractivity contribution in [2.24, 2.45) is 0 Å². The molecule has 2 heteroatoms. The van der Waals surface area contributed by atoms with Crippen molar-refractivity contribution in [3.63, 3.8) is 0 Å². The minimum absolute atomic E-state index is 0.948. The van der Waals surface area contributed by atoms with Crippen LogP contribution in [0.2, 0.25) is 0 Å². The first kappa shape index (κ1) is 7.59. The van der Waals surface area contributed by atoms with Crippen LogP contribution >= 0.6 is 0 Å². The van der Waals surface area contributed by atoms with Crippen LogP contribution in [0.25, 0.3) is 0 Å². The average molecular weight is 162 g/mol. The molecule has 0 aromatic carbocycles. The first-order chi connectivity index (χ1) is 5.84. The van der Waals surface area contributed by atoms with E-state index in [-0.39, 0.29) is 0 Å². The summed E-state index contributed by atoms with van der Waals surface area (Å²) in [5.41, 5.74) is 2.84. The minimum Gasteiger partial charge on any atom is -0.269 e. The lowest BCUT2D eigenvalue weighted by atomic mass is 9.92. The van der Waals surface area contributed by atoms with Gasteiger partial charge in [0.1, 0.15) is 0 Å².